The van der Waals surface area contributed by atoms with E-state index in [-0.39, 0.29) is 12.0 Å². The van der Waals surface area contributed by atoms with E-state index < -0.39 is 5.76 Å². The summed E-state index contributed by atoms with van der Waals surface area (Å²) < 4.78 is 14.1. The van der Waals surface area contributed by atoms with Crippen LogP contribution in [0.1, 0.15) is 83.6 Å². The first-order chi connectivity index (χ1) is 19.5. The van der Waals surface area contributed by atoms with Crippen molar-refractivity contribution in [2.24, 2.45) is 17.8 Å². The molecule has 4 aromatic rings. The zero-order valence-corrected chi connectivity index (χ0v) is 24.0. The molecule has 9 nitrogen and oxygen atoms in total. The Morgan fingerprint density at radius 1 is 1.07 bits per heavy atom. The van der Waals surface area contributed by atoms with Crippen molar-refractivity contribution < 1.29 is 9.15 Å². The van der Waals surface area contributed by atoms with E-state index in [1.807, 2.05) is 12.1 Å². The van der Waals surface area contributed by atoms with Gasteiger partial charge in [0, 0.05) is 31.1 Å². The van der Waals surface area contributed by atoms with Gasteiger partial charge in [0.25, 0.3) is 5.89 Å². The number of aromatic amines is 1. The maximum atomic E-state index is 11.8. The fourth-order valence-electron chi connectivity index (χ4n) is 6.71. The standard InChI is InChI=1S/C30H37ClN6O3/c1-3-18-9-11-19(12-10-18)17-37-26-23(34-28(37)27(39-4-2)20-7-5-6-8-20)14-24(29-35-36-30(38)40-29)33-25(26)21-13-22(31)16-32-15-21/h13-16,18-20,27H,3-12,17H2,1-2H3,(H,36,38). The van der Waals surface area contributed by atoms with Gasteiger partial charge in [0.05, 0.1) is 21.7 Å². The van der Waals surface area contributed by atoms with Crippen molar-refractivity contribution in [1.82, 2.24) is 29.7 Å². The highest BCUT2D eigenvalue weighted by Gasteiger charge is 2.33. The van der Waals surface area contributed by atoms with Gasteiger partial charge >= 0.3 is 5.76 Å². The van der Waals surface area contributed by atoms with Crippen molar-refractivity contribution in [1.29, 1.82) is 0 Å². The second kappa shape index (κ2) is 11.8. The fourth-order valence-corrected chi connectivity index (χ4v) is 6.88. The zero-order chi connectivity index (χ0) is 27.6. The Kier molecular flexibility index (Phi) is 8.03. The summed E-state index contributed by atoms with van der Waals surface area (Å²) in [5.41, 5.74) is 3.59. The average Bonchev–Trinajstić information content (AvgIpc) is 3.73. The van der Waals surface area contributed by atoms with Gasteiger partial charge in [0.1, 0.15) is 17.6 Å². The SMILES string of the molecule is CCOC(c1nc2cc(-c3n[nH]c(=O)o3)nc(-c3cncc(Cl)c3)c2n1CC1CCC(CC)CC1)C1CCCC1. The Hall–Kier alpha value is -3.04. The topological polar surface area (TPSA) is 112 Å². The normalized spacial score (nSPS) is 20.9. The summed E-state index contributed by atoms with van der Waals surface area (Å²) in [6.07, 6.45) is 14.2. The Morgan fingerprint density at radius 3 is 2.52 bits per heavy atom. The first-order valence-corrected chi connectivity index (χ1v) is 15.1. The van der Waals surface area contributed by atoms with Gasteiger partial charge in [-0.05, 0) is 62.5 Å². The van der Waals surface area contributed by atoms with Crippen molar-refractivity contribution in [3.8, 4) is 22.8 Å². The number of nitrogens with one attached hydrogen (secondary N) is 1. The van der Waals surface area contributed by atoms with Crippen molar-refractivity contribution >= 4 is 22.6 Å². The molecule has 212 valence electrons. The molecule has 4 aromatic heterocycles. The Morgan fingerprint density at radius 2 is 1.85 bits per heavy atom. The highest BCUT2D eigenvalue weighted by molar-refractivity contribution is 6.30. The number of rotatable bonds is 9. The maximum absolute atomic E-state index is 11.8. The minimum absolute atomic E-state index is 0.0935. The number of hydrogen-bond donors (Lipinski definition) is 1. The Labute approximate surface area is 238 Å². The van der Waals surface area contributed by atoms with Crippen LogP contribution in [0.3, 0.4) is 0 Å². The zero-order valence-electron chi connectivity index (χ0n) is 23.2. The van der Waals surface area contributed by atoms with E-state index >= 15 is 0 Å². The molecule has 2 aliphatic rings. The minimum atomic E-state index is -0.630. The molecule has 0 amide bonds. The molecule has 4 heterocycles. The highest BCUT2D eigenvalue weighted by Crippen LogP contribution is 2.42. The lowest BCUT2D eigenvalue weighted by molar-refractivity contribution is 0.0114. The molecule has 2 fully saturated rings. The summed E-state index contributed by atoms with van der Waals surface area (Å²) in [5.74, 6) is 2.26. The first kappa shape index (κ1) is 27.1. The minimum Gasteiger partial charge on any atom is -0.386 e. The van der Waals surface area contributed by atoms with E-state index in [2.05, 4.69) is 33.6 Å². The number of hydrogen-bond acceptors (Lipinski definition) is 7. The molecule has 0 bridgehead atoms. The van der Waals surface area contributed by atoms with Gasteiger partial charge in [-0.2, -0.15) is 0 Å². The van der Waals surface area contributed by atoms with Gasteiger partial charge < -0.3 is 13.7 Å². The number of aromatic nitrogens is 6. The second-order valence-electron chi connectivity index (χ2n) is 11.3. The monoisotopic (exact) mass is 564 g/mol. The molecule has 0 radical (unpaired) electrons. The molecule has 1 N–H and O–H groups in total. The molecule has 1 unspecified atom stereocenters. The van der Waals surface area contributed by atoms with Crippen LogP contribution in [0.25, 0.3) is 33.9 Å². The predicted molar refractivity (Wildman–Crippen MR) is 154 cm³/mol. The van der Waals surface area contributed by atoms with Crippen LogP contribution in [0, 0.1) is 17.8 Å². The summed E-state index contributed by atoms with van der Waals surface area (Å²) in [5, 5.41) is 6.91. The van der Waals surface area contributed by atoms with E-state index in [1.165, 1.54) is 44.9 Å². The van der Waals surface area contributed by atoms with Crippen LogP contribution in [0.2, 0.25) is 5.02 Å². The van der Waals surface area contributed by atoms with Crippen LogP contribution in [0.5, 0.6) is 0 Å². The average molecular weight is 565 g/mol. The number of halogens is 1. The Balaban J connectivity index is 1.56. The van der Waals surface area contributed by atoms with Crippen LogP contribution >= 0.6 is 11.6 Å². The van der Waals surface area contributed by atoms with E-state index in [0.717, 1.165) is 47.7 Å². The molecule has 2 aliphatic carbocycles. The number of fused-ring (bicyclic) bond motifs is 1. The first-order valence-electron chi connectivity index (χ1n) is 14.7. The lowest BCUT2D eigenvalue weighted by Gasteiger charge is -2.30. The number of H-pyrrole nitrogens is 1. The predicted octanol–water partition coefficient (Wildman–Crippen LogP) is 6.97. The number of pyridine rings is 2. The molecule has 40 heavy (non-hydrogen) atoms. The van der Waals surface area contributed by atoms with Gasteiger partial charge in [-0.1, -0.05) is 50.6 Å². The molecule has 1 atom stereocenters. The van der Waals surface area contributed by atoms with E-state index in [1.54, 1.807) is 12.4 Å². The molecule has 10 heteroatoms. The fraction of sp³-hybridized carbons (Fsp3) is 0.567. The molecule has 0 aliphatic heterocycles. The van der Waals surface area contributed by atoms with Crippen molar-refractivity contribution in [3.05, 3.63) is 45.9 Å². The molecule has 6 rings (SSSR count). The van der Waals surface area contributed by atoms with Gasteiger partial charge in [0.15, 0.2) is 0 Å². The maximum Gasteiger partial charge on any atom is 0.434 e. The van der Waals surface area contributed by atoms with E-state index in [9.17, 15) is 4.79 Å². The lowest BCUT2D eigenvalue weighted by Crippen LogP contribution is -2.23. The second-order valence-corrected chi connectivity index (χ2v) is 11.8. The highest BCUT2D eigenvalue weighted by atomic mass is 35.5. The third-order valence-corrected chi connectivity index (χ3v) is 9.01. The Bertz CT molecular complexity index is 1510. The molecule has 2 saturated carbocycles. The van der Waals surface area contributed by atoms with Crippen molar-refractivity contribution in [3.63, 3.8) is 0 Å². The van der Waals surface area contributed by atoms with Crippen molar-refractivity contribution in [2.45, 2.75) is 84.3 Å². The largest absolute Gasteiger partial charge is 0.434 e. The summed E-state index contributed by atoms with van der Waals surface area (Å²) in [6, 6.07) is 3.73. The molecule has 0 saturated heterocycles. The molecule has 0 aromatic carbocycles. The van der Waals surface area contributed by atoms with Crippen LogP contribution < -0.4 is 5.76 Å². The third kappa shape index (κ3) is 5.46. The van der Waals surface area contributed by atoms with Gasteiger partial charge in [0.2, 0.25) is 0 Å². The number of imidazole rings is 1. The molecule has 0 spiro atoms. The van der Waals surface area contributed by atoms with Gasteiger partial charge in [-0.3, -0.25) is 4.98 Å². The van der Waals surface area contributed by atoms with Crippen molar-refractivity contribution in [2.75, 3.05) is 6.61 Å². The van der Waals surface area contributed by atoms with Crippen LogP contribution in [0.15, 0.2) is 33.7 Å². The van der Waals surface area contributed by atoms with Gasteiger partial charge in [-0.25, -0.2) is 19.9 Å². The van der Waals surface area contributed by atoms with E-state index in [4.69, 9.17) is 30.7 Å². The quantitative estimate of drug-likeness (QED) is 0.233. The summed E-state index contributed by atoms with van der Waals surface area (Å²) in [6.45, 7) is 5.84. The molecular weight excluding hydrogens is 528 g/mol. The summed E-state index contributed by atoms with van der Waals surface area (Å²) >= 11 is 6.40. The van der Waals surface area contributed by atoms with Crippen LogP contribution in [-0.2, 0) is 11.3 Å². The lowest BCUT2D eigenvalue weighted by atomic mass is 9.81. The number of nitrogens with zero attached hydrogens (tertiary/aromatic N) is 5. The summed E-state index contributed by atoms with van der Waals surface area (Å²) in [4.78, 5) is 26.4. The third-order valence-electron chi connectivity index (χ3n) is 8.80. The number of ether oxygens (including phenoxy) is 1. The van der Waals surface area contributed by atoms with Crippen LogP contribution in [0.4, 0.5) is 0 Å². The van der Waals surface area contributed by atoms with Gasteiger partial charge in [-0.15, -0.1) is 5.10 Å². The summed E-state index contributed by atoms with van der Waals surface area (Å²) in [7, 11) is 0. The molecular formula is C30H37ClN6O3. The van der Waals surface area contributed by atoms with E-state index in [0.29, 0.717) is 34.9 Å². The van der Waals surface area contributed by atoms with Crippen LogP contribution in [-0.4, -0.2) is 36.3 Å². The smallest absolute Gasteiger partial charge is 0.386 e.